The van der Waals surface area contributed by atoms with Crippen molar-refractivity contribution in [2.75, 3.05) is 23.3 Å². The molecule has 1 fully saturated rings. The molecule has 23 heavy (non-hydrogen) atoms. The van der Waals surface area contributed by atoms with Gasteiger partial charge in [-0.05, 0) is 62.4 Å². The van der Waals surface area contributed by atoms with Gasteiger partial charge >= 0.3 is 0 Å². The van der Waals surface area contributed by atoms with Crippen molar-refractivity contribution in [3.63, 3.8) is 0 Å². The highest BCUT2D eigenvalue weighted by atomic mass is 32.1. The lowest BCUT2D eigenvalue weighted by Crippen LogP contribution is -2.32. The molecule has 1 aromatic heterocycles. The van der Waals surface area contributed by atoms with E-state index in [1.54, 1.807) is 11.3 Å². The minimum absolute atomic E-state index is 0.0219. The van der Waals surface area contributed by atoms with Gasteiger partial charge in [0.25, 0.3) is 5.91 Å². The van der Waals surface area contributed by atoms with Crippen molar-refractivity contribution in [3.8, 4) is 0 Å². The normalized spacial score (nSPS) is 15.7. The number of piperidine rings is 1. The standard InChI is InChI=1S/C19H24N2OS/c1-13-8-10-21(11-9-13)17-6-4-16(5-7-17)20-19(22)18-12-23-15(3)14(18)2/h4-7,12-13H,8-11H2,1-3H3,(H,20,22). The average molecular weight is 328 g/mol. The van der Waals surface area contributed by atoms with Crippen molar-refractivity contribution in [3.05, 3.63) is 45.6 Å². The fourth-order valence-corrected chi connectivity index (χ4v) is 3.82. The van der Waals surface area contributed by atoms with E-state index in [1.807, 2.05) is 31.4 Å². The Balaban J connectivity index is 1.65. The fraction of sp³-hybridized carbons (Fsp3) is 0.421. The number of nitrogens with zero attached hydrogens (tertiary/aromatic N) is 1. The van der Waals surface area contributed by atoms with Crippen LogP contribution in [0.5, 0.6) is 0 Å². The summed E-state index contributed by atoms with van der Waals surface area (Å²) in [5.41, 5.74) is 3.96. The molecule has 0 saturated carbocycles. The molecule has 122 valence electrons. The van der Waals surface area contributed by atoms with E-state index in [1.165, 1.54) is 23.4 Å². The molecule has 2 aromatic rings. The van der Waals surface area contributed by atoms with Gasteiger partial charge in [-0.25, -0.2) is 0 Å². The topological polar surface area (TPSA) is 32.3 Å². The molecule has 3 rings (SSSR count). The van der Waals surface area contributed by atoms with Crippen molar-refractivity contribution >= 4 is 28.6 Å². The average Bonchev–Trinajstić information content (AvgIpc) is 2.89. The Labute approximate surface area is 142 Å². The van der Waals surface area contributed by atoms with Crippen LogP contribution in [0, 0.1) is 19.8 Å². The molecule has 3 nitrogen and oxygen atoms in total. The summed E-state index contributed by atoms with van der Waals surface area (Å²) in [5.74, 6) is 0.813. The highest BCUT2D eigenvalue weighted by molar-refractivity contribution is 7.10. The van der Waals surface area contributed by atoms with Crippen LogP contribution in [0.1, 0.15) is 40.6 Å². The lowest BCUT2D eigenvalue weighted by molar-refractivity contribution is 0.102. The Hall–Kier alpha value is -1.81. The minimum atomic E-state index is -0.0219. The lowest BCUT2D eigenvalue weighted by Gasteiger charge is -2.32. The molecule has 4 heteroatoms. The van der Waals surface area contributed by atoms with Gasteiger partial charge in [-0.2, -0.15) is 0 Å². The first-order valence-electron chi connectivity index (χ1n) is 8.25. The van der Waals surface area contributed by atoms with Crippen molar-refractivity contribution in [2.24, 2.45) is 5.92 Å². The second-order valence-electron chi connectivity index (χ2n) is 6.50. The summed E-state index contributed by atoms with van der Waals surface area (Å²) in [5, 5.41) is 4.93. The predicted molar refractivity (Wildman–Crippen MR) is 98.8 cm³/mol. The SMILES string of the molecule is Cc1scc(C(=O)Nc2ccc(N3CCC(C)CC3)cc2)c1C. The maximum absolute atomic E-state index is 12.4. The van der Waals surface area contributed by atoms with Gasteiger partial charge in [0.05, 0.1) is 5.56 Å². The number of hydrogen-bond acceptors (Lipinski definition) is 3. The number of hydrogen-bond donors (Lipinski definition) is 1. The van der Waals surface area contributed by atoms with Crippen molar-refractivity contribution in [1.82, 2.24) is 0 Å². The monoisotopic (exact) mass is 328 g/mol. The minimum Gasteiger partial charge on any atom is -0.372 e. The zero-order valence-electron chi connectivity index (χ0n) is 14.1. The van der Waals surface area contributed by atoms with E-state index in [4.69, 9.17) is 0 Å². The number of carbonyl (C=O) groups excluding carboxylic acids is 1. The first-order chi connectivity index (χ1) is 11.0. The predicted octanol–water partition coefficient (Wildman–Crippen LogP) is 4.85. The summed E-state index contributed by atoms with van der Waals surface area (Å²) in [6, 6.07) is 8.22. The van der Waals surface area contributed by atoms with Crippen molar-refractivity contribution in [1.29, 1.82) is 0 Å². The second kappa shape index (κ2) is 6.75. The van der Waals surface area contributed by atoms with Crippen LogP contribution in [0.25, 0.3) is 0 Å². The summed E-state index contributed by atoms with van der Waals surface area (Å²) in [6.07, 6.45) is 2.52. The fourth-order valence-electron chi connectivity index (χ4n) is 2.96. The highest BCUT2D eigenvalue weighted by Crippen LogP contribution is 2.25. The van der Waals surface area contributed by atoms with Crippen LogP contribution in [-0.4, -0.2) is 19.0 Å². The molecule has 1 N–H and O–H groups in total. The van der Waals surface area contributed by atoms with Crippen molar-refractivity contribution < 1.29 is 4.79 Å². The van der Waals surface area contributed by atoms with E-state index >= 15 is 0 Å². The molecule has 0 bridgehead atoms. The van der Waals surface area contributed by atoms with Gasteiger partial charge in [-0.3, -0.25) is 4.79 Å². The highest BCUT2D eigenvalue weighted by Gasteiger charge is 2.16. The largest absolute Gasteiger partial charge is 0.372 e. The summed E-state index contributed by atoms with van der Waals surface area (Å²) >= 11 is 1.62. The van der Waals surface area contributed by atoms with E-state index in [9.17, 15) is 4.79 Å². The molecule has 0 atom stereocenters. The number of anilines is 2. The third-order valence-corrected chi connectivity index (χ3v) is 5.82. The summed E-state index contributed by atoms with van der Waals surface area (Å²) in [6.45, 7) is 8.62. The van der Waals surface area contributed by atoms with Gasteiger partial charge in [-0.1, -0.05) is 6.92 Å². The molecular weight excluding hydrogens is 304 g/mol. The molecule has 1 aliphatic rings. The Morgan fingerprint density at radius 2 is 1.83 bits per heavy atom. The van der Waals surface area contributed by atoms with E-state index in [0.29, 0.717) is 0 Å². The molecule has 1 aliphatic heterocycles. The molecule has 0 unspecified atom stereocenters. The van der Waals surface area contributed by atoms with E-state index in [-0.39, 0.29) is 5.91 Å². The number of thiophene rings is 1. The van der Waals surface area contributed by atoms with Crippen molar-refractivity contribution in [2.45, 2.75) is 33.6 Å². The van der Waals surface area contributed by atoms with Crippen LogP contribution < -0.4 is 10.2 Å². The van der Waals surface area contributed by atoms with E-state index in [0.717, 1.165) is 35.8 Å². The van der Waals surface area contributed by atoms with Gasteiger partial charge in [0.15, 0.2) is 0 Å². The zero-order chi connectivity index (χ0) is 16.4. The molecule has 1 aromatic carbocycles. The first kappa shape index (κ1) is 16.1. The molecule has 0 radical (unpaired) electrons. The van der Waals surface area contributed by atoms with Gasteiger partial charge < -0.3 is 10.2 Å². The molecule has 1 amide bonds. The van der Waals surface area contributed by atoms with Crippen LogP contribution in [0.2, 0.25) is 0 Å². The maximum atomic E-state index is 12.4. The third kappa shape index (κ3) is 3.58. The lowest BCUT2D eigenvalue weighted by atomic mass is 9.99. The van der Waals surface area contributed by atoms with Crippen LogP contribution in [0.15, 0.2) is 29.6 Å². The second-order valence-corrected chi connectivity index (χ2v) is 7.58. The van der Waals surface area contributed by atoms with Crippen LogP contribution >= 0.6 is 11.3 Å². The Bertz CT molecular complexity index is 682. The smallest absolute Gasteiger partial charge is 0.256 e. The summed E-state index contributed by atoms with van der Waals surface area (Å²) in [7, 11) is 0. The van der Waals surface area contributed by atoms with Gasteiger partial charge in [0, 0.05) is 34.7 Å². The molecule has 0 aliphatic carbocycles. The molecular formula is C19H24N2OS. The third-order valence-electron chi connectivity index (χ3n) is 4.80. The number of benzene rings is 1. The first-order valence-corrected chi connectivity index (χ1v) is 9.13. The van der Waals surface area contributed by atoms with Gasteiger partial charge in [-0.15, -0.1) is 11.3 Å². The molecule has 1 saturated heterocycles. The zero-order valence-corrected chi connectivity index (χ0v) is 14.9. The number of rotatable bonds is 3. The van der Waals surface area contributed by atoms with Gasteiger partial charge in [0.2, 0.25) is 0 Å². The summed E-state index contributed by atoms with van der Waals surface area (Å²) < 4.78 is 0. The van der Waals surface area contributed by atoms with Gasteiger partial charge in [0.1, 0.15) is 0 Å². The van der Waals surface area contributed by atoms with Crippen LogP contribution in [-0.2, 0) is 0 Å². The Kier molecular flexibility index (Phi) is 4.71. The van der Waals surface area contributed by atoms with E-state index < -0.39 is 0 Å². The number of aryl methyl sites for hydroxylation is 1. The quantitative estimate of drug-likeness (QED) is 0.873. The maximum Gasteiger partial charge on any atom is 0.256 e. The van der Waals surface area contributed by atoms with E-state index in [2.05, 4.69) is 29.3 Å². The summed E-state index contributed by atoms with van der Waals surface area (Å²) in [4.78, 5) is 16.0. The molecule has 2 heterocycles. The van der Waals surface area contributed by atoms with Crippen LogP contribution in [0.4, 0.5) is 11.4 Å². The Morgan fingerprint density at radius 1 is 1.17 bits per heavy atom. The number of amides is 1. The number of carbonyl (C=O) groups is 1. The van der Waals surface area contributed by atoms with Crippen LogP contribution in [0.3, 0.4) is 0 Å². The Morgan fingerprint density at radius 3 is 2.39 bits per heavy atom. The number of nitrogens with one attached hydrogen (secondary N) is 1. The molecule has 0 spiro atoms.